The van der Waals surface area contributed by atoms with Gasteiger partial charge >= 0.3 is 0 Å². The Kier molecular flexibility index (Phi) is 12.6. The van der Waals surface area contributed by atoms with Gasteiger partial charge in [0, 0.05) is 35.6 Å². The van der Waals surface area contributed by atoms with E-state index < -0.39 is 43.8 Å². The fourth-order valence-corrected chi connectivity index (χ4v) is 13.1. The summed E-state index contributed by atoms with van der Waals surface area (Å²) in [5.74, 6) is -1.27. The van der Waals surface area contributed by atoms with Gasteiger partial charge in [0.05, 0.1) is 51.7 Å². The van der Waals surface area contributed by atoms with Crippen LogP contribution in [-0.4, -0.2) is 88.1 Å². The summed E-state index contributed by atoms with van der Waals surface area (Å²) >= 11 is 0. The van der Waals surface area contributed by atoms with Crippen LogP contribution in [0.2, 0.25) is 18.6 Å². The van der Waals surface area contributed by atoms with Crippen molar-refractivity contribution >= 4 is 48.0 Å². The van der Waals surface area contributed by atoms with Crippen LogP contribution in [0.15, 0.2) is 103 Å². The number of hydrogen-bond donors (Lipinski definition) is 5. The molecule has 320 valence electrons. The van der Waals surface area contributed by atoms with Gasteiger partial charge in [-0.25, -0.2) is 0 Å². The molecule has 2 aliphatic rings. The van der Waals surface area contributed by atoms with Gasteiger partial charge in [-0.3, -0.25) is 19.1 Å². The van der Waals surface area contributed by atoms with E-state index in [1.54, 1.807) is 41.0 Å². The number of nitrogens with one attached hydrogen (secondary N) is 2. The van der Waals surface area contributed by atoms with E-state index in [4.69, 9.17) is 9.47 Å². The van der Waals surface area contributed by atoms with Gasteiger partial charge in [0.15, 0.2) is 5.60 Å². The van der Waals surface area contributed by atoms with Crippen molar-refractivity contribution in [2.24, 2.45) is 5.92 Å². The fourth-order valence-electron chi connectivity index (χ4n) is 9.08. The number of nitrogens with zero attached hydrogens (tertiary/aromatic N) is 4. The largest absolute Gasteiger partial charge is 0.497 e. The molecule has 0 aliphatic carbocycles. The molecule has 0 saturated carbocycles. The lowest BCUT2D eigenvalue weighted by molar-refractivity contribution is -0.146. The van der Waals surface area contributed by atoms with Gasteiger partial charge in [0.25, 0.3) is 17.7 Å². The fraction of sp³-hybridized carbons (Fsp3) is 0.370. The lowest BCUT2D eigenvalue weighted by Crippen LogP contribution is -2.51. The number of amides is 3. The number of aliphatic hydroxyl groups excluding tert-OH is 3. The molecule has 1 fully saturated rings. The maximum atomic E-state index is 15.4. The van der Waals surface area contributed by atoms with E-state index >= 15 is 4.79 Å². The topological polar surface area (TPSA) is 188 Å². The van der Waals surface area contributed by atoms with E-state index in [2.05, 4.69) is 53.1 Å². The van der Waals surface area contributed by atoms with E-state index in [0.29, 0.717) is 41.3 Å². The number of aryl methyl sites for hydroxylation is 1. The monoisotopic (exact) mass is 846 g/mol. The molecule has 0 bridgehead atoms. The second-order valence-electron chi connectivity index (χ2n) is 16.6. The molecule has 5 N–H and O–H groups in total. The average Bonchev–Trinajstić information content (AvgIpc) is 3.91. The summed E-state index contributed by atoms with van der Waals surface area (Å²) in [6.07, 6.45) is -0.479. The molecule has 3 amide bonds. The number of rotatable bonds is 15. The SMILES string of the molecule is COc1ccc([Si](C)(C)[C@H]2[C@H](CCn3cc(C(CO)c4ccccc4)nn3)O[C@@]3(C(=O)N(Cc4ccc(NC(=O)[C@H](C)O)cc4)c4ccc(NC(=O)[C@H](C)O)cc43)[C@@H]2C)cc1. The highest BCUT2D eigenvalue weighted by Gasteiger charge is 2.66. The number of aliphatic hydroxyl groups is 3. The zero-order valence-corrected chi connectivity index (χ0v) is 36.3. The molecule has 5 aromatic rings. The summed E-state index contributed by atoms with van der Waals surface area (Å²) in [5.41, 5.74) is 3.03. The first-order valence-corrected chi connectivity index (χ1v) is 23.7. The zero-order chi connectivity index (χ0) is 43.6. The molecule has 7 atom stereocenters. The van der Waals surface area contributed by atoms with Crippen molar-refractivity contribution < 1.29 is 39.2 Å². The van der Waals surface area contributed by atoms with E-state index in [1.165, 1.54) is 19.0 Å². The Balaban J connectivity index is 1.27. The van der Waals surface area contributed by atoms with Crippen molar-refractivity contribution in [3.05, 3.63) is 126 Å². The van der Waals surface area contributed by atoms with E-state index in [0.717, 1.165) is 16.9 Å². The number of methoxy groups -OCH3 is 1. The van der Waals surface area contributed by atoms with Crippen molar-refractivity contribution in [2.45, 2.75) is 88.7 Å². The molecule has 4 aromatic carbocycles. The standard InChI is InChI=1S/C46H54N6O8Si/c1-28-42(61(5,6)36-19-17-35(59-4)18-20-36)41(22-23-51-26-39(49-50-51)37(27-53)32-10-8-7-9-11-32)60-46(28)38-24-34(48-44(57)30(3)55)16-21-40(38)52(45(46)58)25-31-12-14-33(15-13-31)47-43(56)29(2)54/h7-21,24,26,28-30,37,41-42,53-55H,22-23,25,27H2,1-6H3,(H,47,56)(H,48,57)/t28-,29+,30+,37?,41+,42-,46+/m1/s1. The molecule has 1 spiro atoms. The number of anilines is 3. The minimum atomic E-state index is -2.52. The third-order valence-corrected chi connectivity index (χ3v) is 16.7. The van der Waals surface area contributed by atoms with Gasteiger partial charge in [-0.2, -0.15) is 0 Å². The summed E-state index contributed by atoms with van der Waals surface area (Å²) in [7, 11) is -0.879. The van der Waals surface area contributed by atoms with Crippen LogP contribution in [0.1, 0.15) is 55.5 Å². The zero-order valence-electron chi connectivity index (χ0n) is 35.3. The molecule has 15 heteroatoms. The highest BCUT2D eigenvalue weighted by atomic mass is 28.3. The third-order valence-electron chi connectivity index (χ3n) is 12.4. The van der Waals surface area contributed by atoms with Gasteiger partial charge in [-0.15, -0.1) is 5.10 Å². The van der Waals surface area contributed by atoms with Crippen LogP contribution in [0.5, 0.6) is 5.75 Å². The second kappa shape index (κ2) is 17.7. The lowest BCUT2D eigenvalue weighted by Gasteiger charge is -2.37. The number of hydrogen-bond acceptors (Lipinski definition) is 10. The Labute approximate surface area is 356 Å². The molecule has 1 aromatic heterocycles. The lowest BCUT2D eigenvalue weighted by atomic mass is 9.82. The number of fused-ring (bicyclic) bond motifs is 2. The minimum Gasteiger partial charge on any atom is -0.497 e. The number of benzene rings is 4. The van der Waals surface area contributed by atoms with Crippen LogP contribution in [0, 0.1) is 5.92 Å². The Morgan fingerprint density at radius 3 is 2.18 bits per heavy atom. The Bertz CT molecular complexity index is 2350. The highest BCUT2D eigenvalue weighted by molar-refractivity contribution is 6.91. The van der Waals surface area contributed by atoms with Gasteiger partial charge in [0.1, 0.15) is 18.0 Å². The average molecular weight is 847 g/mol. The van der Waals surface area contributed by atoms with Crippen LogP contribution in [0.4, 0.5) is 17.1 Å². The highest BCUT2D eigenvalue weighted by Crippen LogP contribution is 2.60. The van der Waals surface area contributed by atoms with Crippen LogP contribution < -0.4 is 25.5 Å². The predicted octanol–water partition coefficient (Wildman–Crippen LogP) is 4.90. The molecule has 0 radical (unpaired) electrons. The molecule has 1 saturated heterocycles. The Morgan fingerprint density at radius 2 is 1.56 bits per heavy atom. The number of ether oxygens (including phenoxy) is 2. The molecule has 2 aliphatic heterocycles. The number of aromatic nitrogens is 3. The summed E-state index contributed by atoms with van der Waals surface area (Å²) in [6.45, 7) is 9.99. The first-order valence-electron chi connectivity index (χ1n) is 20.6. The van der Waals surface area contributed by atoms with Gasteiger partial charge < -0.3 is 40.3 Å². The van der Waals surface area contributed by atoms with Crippen molar-refractivity contribution in [1.82, 2.24) is 15.0 Å². The summed E-state index contributed by atoms with van der Waals surface area (Å²) in [4.78, 5) is 42.0. The van der Waals surface area contributed by atoms with Crippen LogP contribution in [-0.2, 0) is 37.8 Å². The normalized spacial score (nSPS) is 21.2. The first kappa shape index (κ1) is 43.4. The first-order chi connectivity index (χ1) is 29.2. The third kappa shape index (κ3) is 8.48. The van der Waals surface area contributed by atoms with Crippen LogP contribution >= 0.6 is 0 Å². The maximum absolute atomic E-state index is 15.4. The number of carbonyl (C=O) groups is 3. The van der Waals surface area contributed by atoms with E-state index in [9.17, 15) is 24.9 Å². The van der Waals surface area contributed by atoms with E-state index in [1.807, 2.05) is 66.9 Å². The smallest absolute Gasteiger partial charge is 0.264 e. The predicted molar refractivity (Wildman–Crippen MR) is 234 cm³/mol. The molecule has 14 nitrogen and oxygen atoms in total. The quantitative estimate of drug-likeness (QED) is 0.0908. The number of carbonyl (C=O) groups excluding carboxylic acids is 3. The molecule has 61 heavy (non-hydrogen) atoms. The maximum Gasteiger partial charge on any atom is 0.264 e. The van der Waals surface area contributed by atoms with Crippen molar-refractivity contribution in [2.75, 3.05) is 29.3 Å². The van der Waals surface area contributed by atoms with Gasteiger partial charge in [-0.1, -0.05) is 85.0 Å². The van der Waals surface area contributed by atoms with Gasteiger partial charge in [-0.05, 0) is 79.4 Å². The summed E-state index contributed by atoms with van der Waals surface area (Å²) in [5, 5.41) is 45.7. The minimum absolute atomic E-state index is 0.0948. The molecular weight excluding hydrogens is 793 g/mol. The van der Waals surface area contributed by atoms with Crippen LogP contribution in [0.25, 0.3) is 0 Å². The van der Waals surface area contributed by atoms with Crippen LogP contribution in [0.3, 0.4) is 0 Å². The van der Waals surface area contributed by atoms with Crippen molar-refractivity contribution in [1.29, 1.82) is 0 Å². The Hall–Kier alpha value is -5.71. The molecule has 1 unspecified atom stereocenters. The molecule has 7 rings (SSSR count). The van der Waals surface area contributed by atoms with Crippen molar-refractivity contribution in [3.63, 3.8) is 0 Å². The van der Waals surface area contributed by atoms with Gasteiger partial charge in [0.2, 0.25) is 0 Å². The van der Waals surface area contributed by atoms with E-state index in [-0.39, 0.29) is 36.4 Å². The molecular formula is C46H54N6O8Si. The molecule has 3 heterocycles. The summed E-state index contributed by atoms with van der Waals surface area (Å²) in [6, 6.07) is 30.3. The summed E-state index contributed by atoms with van der Waals surface area (Å²) < 4.78 is 14.6. The second-order valence-corrected chi connectivity index (χ2v) is 21.3. The Morgan fingerprint density at radius 1 is 0.918 bits per heavy atom. The van der Waals surface area contributed by atoms with Crippen molar-refractivity contribution in [3.8, 4) is 5.75 Å².